The normalized spacial score (nSPS) is 19.0. The summed E-state index contributed by atoms with van der Waals surface area (Å²) in [5.74, 6) is 7.49. The van der Waals surface area contributed by atoms with Crippen molar-refractivity contribution < 1.29 is 0 Å². The molecule has 135 heavy (non-hydrogen) atoms. The lowest BCUT2D eigenvalue weighted by atomic mass is 9.76. The molecule has 0 aromatic carbocycles. The molecule has 11 heteroatoms. The molecule has 0 radical (unpaired) electrons. The smallest absolute Gasteiger partial charge is 0.0269 e. The number of rotatable bonds is 46. The van der Waals surface area contributed by atoms with Crippen LogP contribution in [0.15, 0.2) is 23.9 Å². The summed E-state index contributed by atoms with van der Waals surface area (Å²) in [5.41, 5.74) is 7.64. The maximum Gasteiger partial charge on any atom is 0.0269 e. The van der Waals surface area contributed by atoms with Gasteiger partial charge in [-0.1, -0.05) is 435 Å². The molecule has 9 heterocycles. The maximum absolute atomic E-state index is 4.06. The van der Waals surface area contributed by atoms with Crippen molar-refractivity contribution in [2.24, 2.45) is 101 Å². The first-order chi connectivity index (χ1) is 62.8. The molecule has 8 fully saturated rings. The second-order valence-corrected chi connectivity index (χ2v) is 55.7. The first kappa shape index (κ1) is 134. The van der Waals surface area contributed by atoms with Crippen LogP contribution in [0, 0.1) is 101 Å². The van der Waals surface area contributed by atoms with Crippen molar-refractivity contribution in [3.05, 3.63) is 23.9 Å². The molecule has 0 bridgehead atoms. The summed E-state index contributed by atoms with van der Waals surface area (Å²) in [7, 11) is 0. The third-order valence-electron chi connectivity index (χ3n) is 32.1. The lowest BCUT2D eigenvalue weighted by molar-refractivity contribution is 0.0238. The molecule has 3 N–H and O–H groups in total. The fourth-order valence-electron chi connectivity index (χ4n) is 18.4. The average Bonchev–Trinajstić information content (AvgIpc) is 0.849. The maximum atomic E-state index is 4.06. The molecule has 0 unspecified atom stereocenters. The second-order valence-electron chi connectivity index (χ2n) is 55.7. The number of allylic oxidation sites excluding steroid dienone is 1. The highest BCUT2D eigenvalue weighted by atomic mass is 15.2. The molecule has 9 aliphatic heterocycles. The van der Waals surface area contributed by atoms with Gasteiger partial charge < -0.3 is 50.2 Å². The molecule has 808 valence electrons. The molecular formula is C124H257N11. The second kappa shape index (κ2) is 71.4. The molecule has 0 aliphatic carbocycles. The summed E-state index contributed by atoms with van der Waals surface area (Å²) in [6, 6.07) is 0. The highest BCUT2D eigenvalue weighted by Gasteiger charge is 2.41. The fourth-order valence-corrected chi connectivity index (χ4v) is 18.4. The van der Waals surface area contributed by atoms with Gasteiger partial charge in [-0.2, -0.15) is 0 Å². The van der Waals surface area contributed by atoms with Gasteiger partial charge in [-0.25, -0.2) is 0 Å². The van der Waals surface area contributed by atoms with Crippen LogP contribution < -0.4 is 16.0 Å². The van der Waals surface area contributed by atoms with E-state index < -0.39 is 0 Å². The van der Waals surface area contributed by atoms with Gasteiger partial charge in [0.25, 0.3) is 0 Å². The van der Waals surface area contributed by atoms with Crippen LogP contribution in [0.25, 0.3) is 0 Å². The number of hydrogen-bond acceptors (Lipinski definition) is 11. The Hall–Kier alpha value is -1.12. The van der Waals surface area contributed by atoms with Gasteiger partial charge in [-0.3, -0.25) is 4.90 Å². The van der Waals surface area contributed by atoms with Gasteiger partial charge >= 0.3 is 0 Å². The van der Waals surface area contributed by atoms with Crippen molar-refractivity contribution in [2.45, 2.75) is 488 Å². The van der Waals surface area contributed by atoms with Crippen LogP contribution in [0.4, 0.5) is 0 Å². The van der Waals surface area contributed by atoms with Gasteiger partial charge in [0.15, 0.2) is 0 Å². The van der Waals surface area contributed by atoms with E-state index in [-0.39, 0.29) is 5.41 Å². The summed E-state index contributed by atoms with van der Waals surface area (Å²) in [6.45, 7) is 132. The van der Waals surface area contributed by atoms with Gasteiger partial charge in [-0.15, -0.1) is 0 Å². The zero-order valence-corrected chi connectivity index (χ0v) is 101. The molecule has 0 atom stereocenters. The lowest BCUT2D eigenvalue weighted by Gasteiger charge is -2.46. The van der Waals surface area contributed by atoms with Crippen molar-refractivity contribution in [2.75, 3.05) is 190 Å². The van der Waals surface area contributed by atoms with E-state index in [4.69, 9.17) is 0 Å². The quantitative estimate of drug-likeness (QED) is 0.0404. The predicted molar refractivity (Wildman–Crippen MR) is 613 cm³/mol. The van der Waals surface area contributed by atoms with Gasteiger partial charge in [0.2, 0.25) is 0 Å². The molecule has 0 amide bonds. The molecule has 0 saturated carbocycles. The van der Waals surface area contributed by atoms with Crippen LogP contribution in [0.3, 0.4) is 0 Å². The van der Waals surface area contributed by atoms with E-state index >= 15 is 0 Å². The molecule has 11 nitrogen and oxygen atoms in total. The Morgan fingerprint density at radius 3 is 0.785 bits per heavy atom. The Labute approximate surface area is 853 Å². The van der Waals surface area contributed by atoms with Crippen molar-refractivity contribution in [3.63, 3.8) is 0 Å². The van der Waals surface area contributed by atoms with E-state index in [1.165, 1.54) is 388 Å². The Kier molecular flexibility index (Phi) is 70.8. The monoisotopic (exact) mass is 1900 g/mol. The Morgan fingerprint density at radius 2 is 0.533 bits per heavy atom. The van der Waals surface area contributed by atoms with Gasteiger partial charge in [0.05, 0.1) is 0 Å². The van der Waals surface area contributed by atoms with Crippen LogP contribution in [-0.4, -0.2) is 229 Å². The minimum absolute atomic E-state index is 0.166. The van der Waals surface area contributed by atoms with Gasteiger partial charge in [0, 0.05) is 129 Å². The van der Waals surface area contributed by atoms with E-state index in [1.54, 1.807) is 5.57 Å². The van der Waals surface area contributed by atoms with Crippen molar-refractivity contribution in [3.8, 4) is 0 Å². The lowest BCUT2D eigenvalue weighted by Crippen LogP contribution is -2.52. The van der Waals surface area contributed by atoms with Crippen molar-refractivity contribution >= 4 is 0 Å². The standard InChI is InChI=1S/C17H33N.C16H34N2.C15H31N.C14H29N.C13H27N.C12H25N.C11H23N.C10H21N.C9H19N.C7H15N/c1-16-10-14-18(15-11-16)13-9-7-5-6-8-12-17(2,3)4;1-6-7-8-9-10-11-12-17-13-14-18-15(2)16(3,4)5;1-5-6-7-8-9-10-11-16-12-14(13-16)15(2,3)4;1-5-6-7-8-9-10-15-11-13(12-15)14(2,3)4;1-5-6-7-8-9-14-10-12(11-14)13(2,3)4;1-5-6-7-8-13-9-11(10-13)12(2,3)4;1-5-6-7-12-8-10(9-12)11(2,3)4;1-5-6-11-7-9(8-11)10(2,3)4;1-5-10-6-8(7-10)9(2,3)4;1-7(2,3)6-4-8-5-6/h10H,5-9,11-15H2,1-4H3;17-18H,2,6-14H2,1,3-5H3;14H,5-13H2,1-4H3;13H,5-12H2,1-4H3;12H,5-11H2,1-4H3;11H,5-10H2,1-4H3;10H,5-9H2,1-4H3;9H,5-8H2,1-4H3;8H,5-7H2,1-4H3;6,8H,4-5H2,1-3H3. The largest absolute Gasteiger partial charge is 0.387 e. The summed E-state index contributed by atoms with van der Waals surface area (Å²) < 4.78 is 0. The number of unbranched alkanes of at least 4 members (excludes halogenated alkanes) is 24. The number of likely N-dealkylation sites (tertiary alicyclic amines) is 7. The van der Waals surface area contributed by atoms with Crippen LogP contribution in [0.5, 0.6) is 0 Å². The van der Waals surface area contributed by atoms with Crippen molar-refractivity contribution in [1.82, 2.24) is 55.1 Å². The third kappa shape index (κ3) is 68.1. The fraction of sp³-hybridized carbons (Fsp3) is 0.968. The summed E-state index contributed by atoms with van der Waals surface area (Å²) >= 11 is 0. The minimum Gasteiger partial charge on any atom is -0.387 e. The summed E-state index contributed by atoms with van der Waals surface area (Å²) in [4.78, 5) is 20.7. The molecule has 9 aliphatic rings. The summed E-state index contributed by atoms with van der Waals surface area (Å²) in [5, 5.41) is 10.1. The Balaban J connectivity index is 0.00000149. The average molecular weight is 1900 g/mol. The molecule has 9 rings (SSSR count). The molecule has 0 aromatic heterocycles. The van der Waals surface area contributed by atoms with Crippen LogP contribution in [0.2, 0.25) is 0 Å². The van der Waals surface area contributed by atoms with Crippen LogP contribution >= 0.6 is 0 Å². The Bertz CT molecular complexity index is 2740. The minimum atomic E-state index is 0.166. The van der Waals surface area contributed by atoms with E-state index in [9.17, 15) is 0 Å². The van der Waals surface area contributed by atoms with Crippen LogP contribution in [-0.2, 0) is 0 Å². The number of nitrogens with zero attached hydrogens (tertiary/aromatic N) is 8. The zero-order valence-electron chi connectivity index (χ0n) is 101. The van der Waals surface area contributed by atoms with Crippen molar-refractivity contribution in [1.29, 1.82) is 0 Å². The Morgan fingerprint density at radius 1 is 0.281 bits per heavy atom. The SMILES string of the molecule is C=C(NCCNCCCCCCCC)C(C)(C)C.CC(C)(C)C1CNC1.CC1=CCN(CCCCCCCC(C)(C)C)CC1.CCCCCCCCN1CC(C(C)(C)C)C1.CCCCCCCN1CC(C(C)(C)C)C1.CCCCCCN1CC(C(C)(C)C)C1.CCCCCN1CC(C(C)(C)C)C1.CCCCN1CC(C(C)(C)C)C1.CCCN1CC(C(C)(C)C)C1.CCN1CC(C(C)(C)C)C1. The van der Waals surface area contributed by atoms with Gasteiger partial charge in [-0.05, 0) is 239 Å². The third-order valence-corrected chi connectivity index (χ3v) is 32.1. The number of hydrogen-bond donors (Lipinski definition) is 3. The van der Waals surface area contributed by atoms with E-state index in [2.05, 4.69) is 338 Å². The molecule has 0 spiro atoms. The topological polar surface area (TPSA) is 62.0 Å². The first-order valence-corrected chi connectivity index (χ1v) is 59.1. The number of nitrogens with one attached hydrogen (secondary N) is 3. The van der Waals surface area contributed by atoms with E-state index in [1.807, 2.05) is 0 Å². The molecular weight excluding hydrogens is 1640 g/mol. The predicted octanol–water partition coefficient (Wildman–Crippen LogP) is 32.4. The van der Waals surface area contributed by atoms with E-state index in [0.29, 0.717) is 48.7 Å². The molecule has 8 saturated heterocycles. The van der Waals surface area contributed by atoms with E-state index in [0.717, 1.165) is 72.7 Å². The molecule has 0 aromatic rings. The first-order valence-electron chi connectivity index (χ1n) is 59.1. The van der Waals surface area contributed by atoms with Crippen LogP contribution in [0.1, 0.15) is 488 Å². The highest BCUT2D eigenvalue weighted by Crippen LogP contribution is 2.40. The highest BCUT2D eigenvalue weighted by molar-refractivity contribution is 5.04. The zero-order chi connectivity index (χ0) is 103. The van der Waals surface area contributed by atoms with Gasteiger partial charge in [0.1, 0.15) is 0 Å². The summed E-state index contributed by atoms with van der Waals surface area (Å²) in [6.07, 6.45) is 49.7.